The van der Waals surface area contributed by atoms with Crippen LogP contribution in [-0.2, 0) is 16.1 Å². The van der Waals surface area contributed by atoms with E-state index in [2.05, 4.69) is 15.5 Å². The second kappa shape index (κ2) is 6.43. The van der Waals surface area contributed by atoms with Crippen LogP contribution in [0.2, 0.25) is 0 Å². The topological polar surface area (TPSA) is 69.9 Å². The standard InChI is InChI=1S/C18H15FN4O2/c19-13-8-6-12(7-9-13)15-10-16(15)18(24)25-11-17-20-21-22-23(17)14-4-2-1-3-5-14/h1-9,15-16H,10-11H2/t15-,16-/m1/s1. The van der Waals surface area contributed by atoms with E-state index in [0.717, 1.165) is 11.3 Å². The minimum absolute atomic E-state index is 0.00731. The molecule has 7 heteroatoms. The molecule has 0 bridgehead atoms. The molecule has 1 saturated carbocycles. The van der Waals surface area contributed by atoms with Gasteiger partial charge in [-0.05, 0) is 52.6 Å². The number of halogens is 1. The molecule has 0 N–H and O–H groups in total. The van der Waals surface area contributed by atoms with E-state index in [1.807, 2.05) is 30.3 Å². The minimum Gasteiger partial charge on any atom is -0.457 e. The highest BCUT2D eigenvalue weighted by Gasteiger charge is 2.45. The molecule has 25 heavy (non-hydrogen) atoms. The third-order valence-electron chi connectivity index (χ3n) is 4.27. The normalized spacial score (nSPS) is 18.8. The van der Waals surface area contributed by atoms with E-state index >= 15 is 0 Å². The van der Waals surface area contributed by atoms with Crippen molar-refractivity contribution in [1.82, 2.24) is 20.2 Å². The van der Waals surface area contributed by atoms with Gasteiger partial charge in [0, 0.05) is 0 Å². The zero-order valence-corrected chi connectivity index (χ0v) is 13.2. The summed E-state index contributed by atoms with van der Waals surface area (Å²) in [5.41, 5.74) is 1.76. The summed E-state index contributed by atoms with van der Waals surface area (Å²) in [7, 11) is 0. The van der Waals surface area contributed by atoms with Gasteiger partial charge < -0.3 is 4.74 Å². The van der Waals surface area contributed by atoms with Gasteiger partial charge in [-0.3, -0.25) is 4.79 Å². The lowest BCUT2D eigenvalue weighted by Gasteiger charge is -2.06. The van der Waals surface area contributed by atoms with Gasteiger partial charge in [0.2, 0.25) is 0 Å². The van der Waals surface area contributed by atoms with Crippen molar-refractivity contribution in [3.8, 4) is 5.69 Å². The molecule has 126 valence electrons. The van der Waals surface area contributed by atoms with Crippen molar-refractivity contribution in [2.75, 3.05) is 0 Å². The second-order valence-corrected chi connectivity index (χ2v) is 5.95. The summed E-state index contributed by atoms with van der Waals surface area (Å²) >= 11 is 0. The summed E-state index contributed by atoms with van der Waals surface area (Å²) in [5.74, 6) is -0.198. The van der Waals surface area contributed by atoms with Crippen LogP contribution < -0.4 is 0 Å². The van der Waals surface area contributed by atoms with Gasteiger partial charge in [-0.1, -0.05) is 30.3 Å². The van der Waals surface area contributed by atoms with Crippen molar-refractivity contribution >= 4 is 5.97 Å². The minimum atomic E-state index is -0.281. The number of ether oxygens (including phenoxy) is 1. The predicted molar refractivity (Wildman–Crippen MR) is 86.2 cm³/mol. The number of rotatable bonds is 5. The first-order chi connectivity index (χ1) is 12.2. The molecule has 1 aliphatic rings. The predicted octanol–water partition coefficient (Wildman–Crippen LogP) is 2.65. The Bertz CT molecular complexity index is 880. The van der Waals surface area contributed by atoms with Crippen LogP contribution in [0.25, 0.3) is 5.69 Å². The number of aromatic nitrogens is 4. The highest BCUT2D eigenvalue weighted by atomic mass is 19.1. The summed E-state index contributed by atoms with van der Waals surface area (Å²) in [5, 5.41) is 11.5. The summed E-state index contributed by atoms with van der Waals surface area (Å²) < 4.78 is 19.9. The van der Waals surface area contributed by atoms with Gasteiger partial charge in [0.1, 0.15) is 5.82 Å². The largest absolute Gasteiger partial charge is 0.457 e. The van der Waals surface area contributed by atoms with Crippen molar-refractivity contribution in [2.45, 2.75) is 18.9 Å². The molecule has 1 fully saturated rings. The maximum absolute atomic E-state index is 13.0. The summed E-state index contributed by atoms with van der Waals surface area (Å²) in [4.78, 5) is 12.2. The maximum Gasteiger partial charge on any atom is 0.310 e. The van der Waals surface area contributed by atoms with Crippen LogP contribution >= 0.6 is 0 Å². The molecule has 1 heterocycles. The second-order valence-electron chi connectivity index (χ2n) is 5.95. The molecule has 2 aromatic carbocycles. The Morgan fingerprint density at radius 1 is 1.16 bits per heavy atom. The molecule has 0 amide bonds. The lowest BCUT2D eigenvalue weighted by Crippen LogP contribution is -2.11. The Balaban J connectivity index is 1.38. The van der Waals surface area contributed by atoms with Crippen molar-refractivity contribution in [2.24, 2.45) is 5.92 Å². The van der Waals surface area contributed by atoms with Gasteiger partial charge in [-0.15, -0.1) is 5.10 Å². The molecule has 1 aromatic heterocycles. The first-order valence-electron chi connectivity index (χ1n) is 7.97. The molecule has 0 aliphatic heterocycles. The highest BCUT2D eigenvalue weighted by Crippen LogP contribution is 2.48. The van der Waals surface area contributed by atoms with Gasteiger partial charge in [0.25, 0.3) is 0 Å². The van der Waals surface area contributed by atoms with Crippen molar-refractivity contribution in [3.63, 3.8) is 0 Å². The molecule has 3 aromatic rings. The first-order valence-corrected chi connectivity index (χ1v) is 7.97. The van der Waals surface area contributed by atoms with Crippen molar-refractivity contribution in [1.29, 1.82) is 0 Å². The number of hydrogen-bond acceptors (Lipinski definition) is 5. The number of hydrogen-bond donors (Lipinski definition) is 0. The average molecular weight is 338 g/mol. The summed E-state index contributed by atoms with van der Waals surface area (Å²) in [6, 6.07) is 15.6. The van der Waals surface area contributed by atoms with E-state index in [-0.39, 0.29) is 30.2 Å². The number of benzene rings is 2. The molecule has 0 spiro atoms. The fourth-order valence-corrected chi connectivity index (χ4v) is 2.84. The number of tetrazole rings is 1. The Morgan fingerprint density at radius 2 is 1.92 bits per heavy atom. The van der Waals surface area contributed by atoms with Crippen LogP contribution in [0, 0.1) is 11.7 Å². The molecule has 6 nitrogen and oxygen atoms in total. The third-order valence-corrected chi connectivity index (χ3v) is 4.27. The molecular weight excluding hydrogens is 323 g/mol. The number of esters is 1. The monoisotopic (exact) mass is 338 g/mol. The van der Waals surface area contributed by atoms with Crippen LogP contribution in [0.5, 0.6) is 0 Å². The fourth-order valence-electron chi connectivity index (χ4n) is 2.84. The van der Waals surface area contributed by atoms with Crippen LogP contribution in [0.1, 0.15) is 23.7 Å². The zero-order chi connectivity index (χ0) is 17.2. The van der Waals surface area contributed by atoms with Gasteiger partial charge in [0.05, 0.1) is 11.6 Å². The van der Waals surface area contributed by atoms with E-state index < -0.39 is 0 Å². The Hall–Kier alpha value is -3.09. The lowest BCUT2D eigenvalue weighted by atomic mass is 10.1. The molecule has 1 aliphatic carbocycles. The van der Waals surface area contributed by atoms with Gasteiger partial charge in [-0.25, -0.2) is 4.39 Å². The zero-order valence-electron chi connectivity index (χ0n) is 13.2. The maximum atomic E-state index is 13.0. The van der Waals surface area contributed by atoms with Crippen molar-refractivity contribution < 1.29 is 13.9 Å². The Labute approximate surface area is 143 Å². The molecule has 0 unspecified atom stereocenters. The molecule has 0 saturated heterocycles. The van der Waals surface area contributed by atoms with Crippen LogP contribution in [0.15, 0.2) is 54.6 Å². The van der Waals surface area contributed by atoms with E-state index in [0.29, 0.717) is 12.2 Å². The van der Waals surface area contributed by atoms with Crippen LogP contribution in [0.4, 0.5) is 4.39 Å². The van der Waals surface area contributed by atoms with Gasteiger partial charge in [0.15, 0.2) is 12.4 Å². The Kier molecular flexibility index (Phi) is 3.97. The lowest BCUT2D eigenvalue weighted by molar-refractivity contribution is -0.146. The molecule has 2 atom stereocenters. The number of nitrogens with zero attached hydrogens (tertiary/aromatic N) is 4. The van der Waals surface area contributed by atoms with Gasteiger partial charge >= 0.3 is 5.97 Å². The summed E-state index contributed by atoms with van der Waals surface area (Å²) in [6.45, 7) is 0.00731. The smallest absolute Gasteiger partial charge is 0.310 e. The van der Waals surface area contributed by atoms with E-state index in [1.165, 1.54) is 16.8 Å². The Morgan fingerprint density at radius 3 is 2.68 bits per heavy atom. The molecular formula is C18H15FN4O2. The van der Waals surface area contributed by atoms with Crippen LogP contribution in [0.3, 0.4) is 0 Å². The van der Waals surface area contributed by atoms with Crippen LogP contribution in [-0.4, -0.2) is 26.2 Å². The number of carbonyl (C=O) groups excluding carboxylic acids is 1. The highest BCUT2D eigenvalue weighted by molar-refractivity contribution is 5.77. The molecule has 4 rings (SSSR count). The number of para-hydroxylation sites is 1. The average Bonchev–Trinajstić information content (AvgIpc) is 3.31. The van der Waals surface area contributed by atoms with E-state index in [1.54, 1.807) is 12.1 Å². The third kappa shape index (κ3) is 3.26. The molecule has 0 radical (unpaired) electrons. The number of carbonyl (C=O) groups is 1. The quantitative estimate of drug-likeness (QED) is 0.669. The first kappa shape index (κ1) is 15.4. The van der Waals surface area contributed by atoms with E-state index in [4.69, 9.17) is 4.74 Å². The summed E-state index contributed by atoms with van der Waals surface area (Å²) in [6.07, 6.45) is 0.716. The SMILES string of the molecule is O=C(OCc1nnnn1-c1ccccc1)[C@@H]1C[C@@H]1c1ccc(F)cc1. The fraction of sp³-hybridized carbons (Fsp3) is 0.222. The van der Waals surface area contributed by atoms with Crippen molar-refractivity contribution in [3.05, 3.63) is 71.8 Å². The van der Waals surface area contributed by atoms with Gasteiger partial charge in [-0.2, -0.15) is 4.68 Å². The van der Waals surface area contributed by atoms with E-state index in [9.17, 15) is 9.18 Å².